The Labute approximate surface area is 270 Å². The van der Waals surface area contributed by atoms with Crippen LogP contribution in [0, 0.1) is 23.3 Å². The molecule has 0 aliphatic carbocycles. The van der Waals surface area contributed by atoms with Crippen LogP contribution in [0.4, 0.5) is 22.4 Å². The molecule has 252 valence electrons. The number of hydrogen-bond acceptors (Lipinski definition) is 8. The van der Waals surface area contributed by atoms with Crippen molar-refractivity contribution in [1.29, 1.82) is 0 Å². The van der Waals surface area contributed by atoms with Crippen LogP contribution in [0.3, 0.4) is 0 Å². The number of carbonyl (C=O) groups excluding carboxylic acids is 3. The van der Waals surface area contributed by atoms with Gasteiger partial charge in [-0.3, -0.25) is 14.6 Å². The van der Waals surface area contributed by atoms with Crippen LogP contribution in [0.2, 0.25) is 0 Å². The minimum absolute atomic E-state index is 0.00367. The minimum atomic E-state index is -1.46. The molecular weight excluding hydrogens is 622 g/mol. The zero-order valence-electron chi connectivity index (χ0n) is 26.1. The van der Waals surface area contributed by atoms with Gasteiger partial charge in [-0.15, -0.1) is 0 Å². The Bertz CT molecular complexity index is 1510. The molecule has 9 nitrogen and oxygen atoms in total. The third-order valence-corrected chi connectivity index (χ3v) is 7.96. The van der Waals surface area contributed by atoms with Crippen LogP contribution in [0.15, 0.2) is 54.9 Å². The van der Waals surface area contributed by atoms with E-state index in [4.69, 9.17) is 14.2 Å². The SMILES string of the molecule is CCOC(=O)CC[C@@H]1CO[C@H](CCc2c(F)cncc2CC(=O)[C@@H](NC(=O)OC)[C@@H](c2ccc(F)cc2)c2cc(F)cc(F)c2)CN1. The van der Waals surface area contributed by atoms with Gasteiger partial charge in [-0.1, -0.05) is 12.1 Å². The Balaban J connectivity index is 1.53. The zero-order valence-corrected chi connectivity index (χ0v) is 26.1. The highest BCUT2D eigenvalue weighted by Gasteiger charge is 2.34. The molecule has 1 fully saturated rings. The van der Waals surface area contributed by atoms with Gasteiger partial charge in [0.15, 0.2) is 5.78 Å². The van der Waals surface area contributed by atoms with Crippen LogP contribution in [0.1, 0.15) is 54.4 Å². The Morgan fingerprint density at radius 3 is 2.36 bits per heavy atom. The van der Waals surface area contributed by atoms with Crippen LogP contribution in [0.25, 0.3) is 0 Å². The summed E-state index contributed by atoms with van der Waals surface area (Å²) in [6.07, 6.45) is 2.16. The molecule has 0 unspecified atom stereocenters. The number of ketones is 1. The standard InChI is InChI=1S/C34H37F4N3O6/c1-3-46-31(43)11-8-26-19-47-27(17-40-26)9-10-28-22(16-39-18-29(28)38)14-30(42)33(41-34(44)45-2)32(20-4-6-23(35)7-5-20)21-12-24(36)15-25(37)13-21/h4-7,12-13,15-16,18,26-27,32-33,40H,3,8-11,14,17,19H2,1-2H3,(H,41,44)/t26-,27-,32+,33-/m1/s1. The molecule has 2 heterocycles. The number of hydrogen-bond donors (Lipinski definition) is 2. The smallest absolute Gasteiger partial charge is 0.407 e. The highest BCUT2D eigenvalue weighted by atomic mass is 19.1. The van der Waals surface area contributed by atoms with Gasteiger partial charge in [0, 0.05) is 43.6 Å². The van der Waals surface area contributed by atoms with Crippen molar-refractivity contribution in [3.8, 4) is 0 Å². The van der Waals surface area contributed by atoms with Gasteiger partial charge in [-0.05, 0) is 72.7 Å². The van der Waals surface area contributed by atoms with Crippen molar-refractivity contribution in [3.63, 3.8) is 0 Å². The average Bonchev–Trinajstić information content (AvgIpc) is 3.04. The third kappa shape index (κ3) is 10.1. The maximum atomic E-state index is 15.2. The second-order valence-electron chi connectivity index (χ2n) is 11.2. The number of nitrogens with zero attached hydrogens (tertiary/aromatic N) is 1. The molecule has 4 rings (SSSR count). The summed E-state index contributed by atoms with van der Waals surface area (Å²) in [5, 5.41) is 5.80. The van der Waals surface area contributed by atoms with Crippen molar-refractivity contribution in [2.24, 2.45) is 0 Å². The number of amides is 1. The summed E-state index contributed by atoms with van der Waals surface area (Å²) in [6.45, 7) is 2.90. The molecule has 2 N–H and O–H groups in total. The van der Waals surface area contributed by atoms with Gasteiger partial charge in [0.2, 0.25) is 0 Å². The highest BCUT2D eigenvalue weighted by Crippen LogP contribution is 2.31. The van der Waals surface area contributed by atoms with Crippen LogP contribution < -0.4 is 10.6 Å². The Morgan fingerprint density at radius 1 is 1.00 bits per heavy atom. The van der Waals surface area contributed by atoms with Gasteiger partial charge in [-0.2, -0.15) is 0 Å². The molecule has 0 bridgehead atoms. The van der Waals surface area contributed by atoms with E-state index in [1.165, 1.54) is 18.3 Å². The van der Waals surface area contributed by atoms with Gasteiger partial charge < -0.3 is 24.8 Å². The lowest BCUT2D eigenvalue weighted by Gasteiger charge is -2.30. The molecule has 2 aromatic carbocycles. The largest absolute Gasteiger partial charge is 0.466 e. The summed E-state index contributed by atoms with van der Waals surface area (Å²) in [6, 6.07) is 6.15. The first kappa shape index (κ1) is 35.5. The van der Waals surface area contributed by atoms with E-state index in [-0.39, 0.29) is 53.2 Å². The van der Waals surface area contributed by atoms with E-state index in [9.17, 15) is 27.6 Å². The molecule has 13 heteroatoms. The molecule has 4 atom stereocenters. The summed E-state index contributed by atoms with van der Waals surface area (Å²) >= 11 is 0. The zero-order chi connectivity index (χ0) is 33.9. The van der Waals surface area contributed by atoms with Gasteiger partial charge in [-0.25, -0.2) is 22.4 Å². The first-order valence-electron chi connectivity index (χ1n) is 15.3. The van der Waals surface area contributed by atoms with Crippen LogP contribution in [0.5, 0.6) is 0 Å². The van der Waals surface area contributed by atoms with Crippen molar-refractivity contribution in [1.82, 2.24) is 15.6 Å². The fraction of sp³-hybridized carbons (Fsp3) is 0.412. The predicted molar refractivity (Wildman–Crippen MR) is 163 cm³/mol. The molecule has 3 aromatic rings. The average molecular weight is 660 g/mol. The maximum Gasteiger partial charge on any atom is 0.407 e. The second kappa shape index (κ2) is 17.0. The van der Waals surface area contributed by atoms with E-state index in [2.05, 4.69) is 15.6 Å². The highest BCUT2D eigenvalue weighted by molar-refractivity contribution is 5.90. The van der Waals surface area contributed by atoms with Crippen LogP contribution >= 0.6 is 0 Å². The van der Waals surface area contributed by atoms with Crippen molar-refractivity contribution in [2.75, 3.05) is 26.9 Å². The number of ether oxygens (including phenoxy) is 3. The summed E-state index contributed by atoms with van der Waals surface area (Å²) in [7, 11) is 1.09. The maximum absolute atomic E-state index is 15.2. The van der Waals surface area contributed by atoms with E-state index in [1.54, 1.807) is 6.92 Å². The first-order valence-corrected chi connectivity index (χ1v) is 15.3. The topological polar surface area (TPSA) is 116 Å². The predicted octanol–water partition coefficient (Wildman–Crippen LogP) is 4.94. The van der Waals surface area contributed by atoms with Crippen LogP contribution in [-0.4, -0.2) is 67.9 Å². The number of halogens is 4. The van der Waals surface area contributed by atoms with Gasteiger partial charge >= 0.3 is 12.1 Å². The molecule has 0 radical (unpaired) electrons. The normalized spacial score (nSPS) is 17.4. The number of Topliss-reactive ketones (excluding diaryl/α,β-unsaturated/α-hetero) is 1. The lowest BCUT2D eigenvalue weighted by atomic mass is 9.81. The lowest BCUT2D eigenvalue weighted by molar-refractivity contribution is -0.143. The summed E-state index contributed by atoms with van der Waals surface area (Å²) in [4.78, 5) is 42.0. The van der Waals surface area contributed by atoms with E-state index >= 15 is 4.39 Å². The monoisotopic (exact) mass is 659 g/mol. The number of nitrogens with one attached hydrogen (secondary N) is 2. The second-order valence-corrected chi connectivity index (χ2v) is 11.2. The summed E-state index contributed by atoms with van der Waals surface area (Å²) in [5.41, 5.74) is 0.773. The van der Waals surface area contributed by atoms with Crippen molar-refractivity contribution >= 4 is 17.8 Å². The molecule has 1 aliphatic heterocycles. The van der Waals surface area contributed by atoms with Crippen molar-refractivity contribution < 1.29 is 46.2 Å². The quantitative estimate of drug-likeness (QED) is 0.185. The molecule has 0 saturated carbocycles. The Kier molecular flexibility index (Phi) is 12.8. The molecule has 1 amide bonds. The molecule has 47 heavy (non-hydrogen) atoms. The number of carbonyl (C=O) groups is 3. The minimum Gasteiger partial charge on any atom is -0.466 e. The number of rotatable bonds is 14. The third-order valence-electron chi connectivity index (χ3n) is 7.96. The number of aromatic nitrogens is 1. The summed E-state index contributed by atoms with van der Waals surface area (Å²) < 4.78 is 73.4. The van der Waals surface area contributed by atoms with E-state index in [1.807, 2.05) is 0 Å². The van der Waals surface area contributed by atoms with Crippen molar-refractivity contribution in [2.45, 2.75) is 63.1 Å². The molecule has 1 aliphatic rings. The Hall–Kier alpha value is -4.36. The Morgan fingerprint density at radius 2 is 1.72 bits per heavy atom. The first-order chi connectivity index (χ1) is 22.6. The number of morpholine rings is 1. The van der Waals surface area contributed by atoms with E-state index < -0.39 is 53.5 Å². The molecular formula is C34H37F4N3O6. The number of esters is 1. The van der Waals surface area contributed by atoms with Gasteiger partial charge in [0.1, 0.15) is 29.3 Å². The summed E-state index contributed by atoms with van der Waals surface area (Å²) in [5.74, 6) is -5.13. The number of benzene rings is 2. The molecule has 1 saturated heterocycles. The fourth-order valence-electron chi connectivity index (χ4n) is 5.64. The number of methoxy groups -OCH3 is 1. The number of alkyl carbamates (subject to hydrolysis) is 1. The lowest BCUT2D eigenvalue weighted by Crippen LogP contribution is -2.46. The fourth-order valence-corrected chi connectivity index (χ4v) is 5.64. The van der Waals surface area contributed by atoms with Crippen LogP contribution in [-0.2, 0) is 36.6 Å². The molecule has 0 spiro atoms. The van der Waals surface area contributed by atoms with E-state index in [0.29, 0.717) is 38.7 Å². The number of pyridine rings is 1. The van der Waals surface area contributed by atoms with Gasteiger partial charge in [0.25, 0.3) is 0 Å². The van der Waals surface area contributed by atoms with Gasteiger partial charge in [0.05, 0.1) is 32.6 Å². The van der Waals surface area contributed by atoms with Crippen molar-refractivity contribution in [3.05, 3.63) is 100 Å². The van der Waals surface area contributed by atoms with E-state index in [0.717, 1.165) is 37.6 Å². The molecule has 1 aromatic heterocycles.